The van der Waals surface area contributed by atoms with E-state index in [1.165, 1.54) is 4.90 Å². The van der Waals surface area contributed by atoms with Crippen molar-refractivity contribution in [2.24, 2.45) is 0 Å². The number of aryl methyl sites for hydroxylation is 1. The number of amides is 1. The normalized spacial score (nSPS) is 22.0. The average molecular weight is 294 g/mol. The average Bonchev–Trinajstić information content (AvgIpc) is 3.07. The number of likely N-dealkylation sites (N-methyl/N-ethyl adjacent to an activating group) is 1. The molecule has 116 valence electrons. The molecule has 0 unspecified atom stereocenters. The highest BCUT2D eigenvalue weighted by atomic mass is 16.4. The van der Waals surface area contributed by atoms with Gasteiger partial charge in [0, 0.05) is 25.2 Å². The second kappa shape index (κ2) is 6.71. The molecule has 1 amide bonds. The van der Waals surface area contributed by atoms with Gasteiger partial charge in [-0.1, -0.05) is 0 Å². The number of hydrogen-bond donors (Lipinski definition) is 2. The summed E-state index contributed by atoms with van der Waals surface area (Å²) in [5.74, 6) is -0.988. The van der Waals surface area contributed by atoms with Crippen molar-refractivity contribution in [1.29, 1.82) is 0 Å². The molecule has 2 N–H and O–H groups in total. The summed E-state index contributed by atoms with van der Waals surface area (Å²) in [5.41, 5.74) is 1.06. The maximum Gasteiger partial charge on any atom is 0.326 e. The van der Waals surface area contributed by atoms with Crippen molar-refractivity contribution in [3.8, 4) is 0 Å². The Bertz CT molecular complexity index is 486. The molecule has 21 heavy (non-hydrogen) atoms. The lowest BCUT2D eigenvalue weighted by atomic mass is 10.1. The number of likely N-dealkylation sites (tertiary alicyclic amines) is 1. The fourth-order valence-corrected chi connectivity index (χ4v) is 2.70. The highest BCUT2D eigenvalue weighted by Gasteiger charge is 2.39. The van der Waals surface area contributed by atoms with E-state index in [1.54, 1.807) is 6.20 Å². The van der Waals surface area contributed by atoms with Crippen molar-refractivity contribution in [2.75, 3.05) is 20.6 Å². The van der Waals surface area contributed by atoms with E-state index < -0.39 is 12.0 Å². The van der Waals surface area contributed by atoms with Gasteiger partial charge in [0.15, 0.2) is 0 Å². The van der Waals surface area contributed by atoms with Crippen LogP contribution in [0.4, 0.5) is 0 Å². The van der Waals surface area contributed by atoms with Crippen LogP contribution in [-0.4, -0.2) is 69.7 Å². The molecule has 0 aromatic carbocycles. The van der Waals surface area contributed by atoms with Crippen LogP contribution in [0.15, 0.2) is 12.4 Å². The maximum atomic E-state index is 12.3. The molecule has 0 bridgehead atoms. The van der Waals surface area contributed by atoms with Gasteiger partial charge in [-0.25, -0.2) is 4.79 Å². The zero-order chi connectivity index (χ0) is 15.4. The summed E-state index contributed by atoms with van der Waals surface area (Å²) in [7, 11) is 3.83. The number of carbonyl (C=O) groups is 2. The molecule has 0 aliphatic carbocycles. The highest BCUT2D eigenvalue weighted by molar-refractivity contribution is 5.84. The van der Waals surface area contributed by atoms with E-state index >= 15 is 0 Å². The standard InChI is InChI=1S/C14H22N4O3/c1-17(2)11-6-12(14(20)21)18(9-11)13(19)5-3-4-10-7-15-16-8-10/h7-8,11-12H,3-6,9H2,1-2H3,(H,15,16)(H,20,21)/t11-,12+/m1/s1. The fraction of sp³-hybridized carbons (Fsp3) is 0.643. The Morgan fingerprint density at radius 1 is 1.52 bits per heavy atom. The van der Waals surface area contributed by atoms with Gasteiger partial charge in [0.25, 0.3) is 0 Å². The Morgan fingerprint density at radius 2 is 2.29 bits per heavy atom. The van der Waals surface area contributed by atoms with E-state index in [2.05, 4.69) is 10.2 Å². The zero-order valence-electron chi connectivity index (χ0n) is 12.5. The number of H-pyrrole nitrogens is 1. The summed E-state index contributed by atoms with van der Waals surface area (Å²) in [4.78, 5) is 27.1. The van der Waals surface area contributed by atoms with Gasteiger partial charge >= 0.3 is 5.97 Å². The molecule has 0 saturated carbocycles. The van der Waals surface area contributed by atoms with Crippen molar-refractivity contribution in [2.45, 2.75) is 37.8 Å². The first-order valence-corrected chi connectivity index (χ1v) is 7.15. The number of nitrogens with one attached hydrogen (secondary N) is 1. The lowest BCUT2D eigenvalue weighted by Crippen LogP contribution is -2.40. The van der Waals surface area contributed by atoms with Gasteiger partial charge in [0.05, 0.1) is 6.20 Å². The summed E-state index contributed by atoms with van der Waals surface area (Å²) in [6, 6.07) is -0.581. The van der Waals surface area contributed by atoms with E-state index in [0.717, 1.165) is 12.0 Å². The molecule has 1 aliphatic rings. The molecule has 2 atom stereocenters. The first-order chi connectivity index (χ1) is 9.99. The summed E-state index contributed by atoms with van der Waals surface area (Å²) in [5, 5.41) is 15.9. The number of rotatable bonds is 6. The minimum atomic E-state index is -0.914. The van der Waals surface area contributed by atoms with Crippen molar-refractivity contribution in [3.05, 3.63) is 18.0 Å². The minimum absolute atomic E-state index is 0.0738. The minimum Gasteiger partial charge on any atom is -0.480 e. The van der Waals surface area contributed by atoms with E-state index in [4.69, 9.17) is 0 Å². The molecule has 2 rings (SSSR count). The van der Waals surface area contributed by atoms with Crippen LogP contribution in [0.3, 0.4) is 0 Å². The predicted octanol–water partition coefficient (Wildman–Crippen LogP) is 0.348. The van der Waals surface area contributed by atoms with Gasteiger partial charge in [-0.2, -0.15) is 5.10 Å². The summed E-state index contributed by atoms with van der Waals surface area (Å²) in [6.07, 6.45) is 5.88. The number of carbonyl (C=O) groups excluding carboxylic acids is 1. The number of aromatic nitrogens is 2. The summed E-state index contributed by atoms with van der Waals surface area (Å²) in [6.45, 7) is 0.495. The smallest absolute Gasteiger partial charge is 0.326 e. The molecule has 7 nitrogen and oxygen atoms in total. The molecule has 1 aliphatic heterocycles. The highest BCUT2D eigenvalue weighted by Crippen LogP contribution is 2.22. The third-order valence-electron chi connectivity index (χ3n) is 4.03. The number of carboxylic acid groups (broad SMARTS) is 1. The topological polar surface area (TPSA) is 89.5 Å². The van der Waals surface area contributed by atoms with Crippen LogP contribution < -0.4 is 0 Å². The number of carboxylic acids is 1. The summed E-state index contributed by atoms with van der Waals surface area (Å²) >= 11 is 0. The van der Waals surface area contributed by atoms with Gasteiger partial charge in [-0.3, -0.25) is 9.89 Å². The van der Waals surface area contributed by atoms with Crippen molar-refractivity contribution in [3.63, 3.8) is 0 Å². The maximum absolute atomic E-state index is 12.3. The van der Waals surface area contributed by atoms with Gasteiger partial charge in [0.1, 0.15) is 6.04 Å². The molecule has 7 heteroatoms. The predicted molar refractivity (Wildman–Crippen MR) is 76.8 cm³/mol. The number of aromatic amines is 1. The third kappa shape index (κ3) is 3.81. The molecule has 1 fully saturated rings. The second-order valence-electron chi connectivity index (χ2n) is 5.71. The van der Waals surface area contributed by atoms with Crippen molar-refractivity contribution >= 4 is 11.9 Å². The van der Waals surface area contributed by atoms with E-state index in [-0.39, 0.29) is 11.9 Å². The van der Waals surface area contributed by atoms with Gasteiger partial charge in [-0.15, -0.1) is 0 Å². The molecule has 0 spiro atoms. The number of hydrogen-bond acceptors (Lipinski definition) is 4. The fourth-order valence-electron chi connectivity index (χ4n) is 2.70. The third-order valence-corrected chi connectivity index (χ3v) is 4.03. The molecular weight excluding hydrogens is 272 g/mol. The van der Waals surface area contributed by atoms with Crippen LogP contribution in [-0.2, 0) is 16.0 Å². The van der Waals surface area contributed by atoms with Crippen LogP contribution in [0.25, 0.3) is 0 Å². The second-order valence-corrected chi connectivity index (χ2v) is 5.71. The van der Waals surface area contributed by atoms with Crippen LogP contribution in [0.5, 0.6) is 0 Å². The Kier molecular flexibility index (Phi) is 4.95. The molecule has 0 radical (unpaired) electrons. The lowest BCUT2D eigenvalue weighted by Gasteiger charge is -2.22. The first kappa shape index (κ1) is 15.5. The lowest BCUT2D eigenvalue weighted by molar-refractivity contribution is -0.148. The number of nitrogens with zero attached hydrogens (tertiary/aromatic N) is 3. The van der Waals surface area contributed by atoms with E-state index in [1.807, 2.05) is 25.2 Å². The van der Waals surface area contributed by atoms with E-state index in [0.29, 0.717) is 25.8 Å². The molecule has 1 aromatic rings. The molecule has 1 aromatic heterocycles. The monoisotopic (exact) mass is 294 g/mol. The molecule has 1 saturated heterocycles. The zero-order valence-corrected chi connectivity index (χ0v) is 12.5. The van der Waals surface area contributed by atoms with Crippen LogP contribution in [0.1, 0.15) is 24.8 Å². The largest absolute Gasteiger partial charge is 0.480 e. The Hall–Kier alpha value is -1.89. The Morgan fingerprint density at radius 3 is 2.86 bits per heavy atom. The Labute approximate surface area is 123 Å². The van der Waals surface area contributed by atoms with Gasteiger partial charge in [-0.05, 0) is 38.9 Å². The first-order valence-electron chi connectivity index (χ1n) is 7.15. The SMILES string of the molecule is CN(C)[C@@H]1C[C@@H](C(=O)O)N(C(=O)CCCc2cn[nH]c2)C1. The van der Waals surface area contributed by atoms with Gasteiger partial charge < -0.3 is 14.9 Å². The van der Waals surface area contributed by atoms with E-state index in [9.17, 15) is 14.7 Å². The van der Waals surface area contributed by atoms with Crippen LogP contribution in [0.2, 0.25) is 0 Å². The van der Waals surface area contributed by atoms with Crippen LogP contribution >= 0.6 is 0 Å². The van der Waals surface area contributed by atoms with Crippen molar-refractivity contribution in [1.82, 2.24) is 20.0 Å². The molecular formula is C14H22N4O3. The Balaban J connectivity index is 1.88. The number of aliphatic carboxylic acids is 1. The van der Waals surface area contributed by atoms with Crippen LogP contribution in [0, 0.1) is 0 Å². The quantitative estimate of drug-likeness (QED) is 0.790. The summed E-state index contributed by atoms with van der Waals surface area (Å²) < 4.78 is 0. The van der Waals surface area contributed by atoms with Crippen molar-refractivity contribution < 1.29 is 14.7 Å². The van der Waals surface area contributed by atoms with Gasteiger partial charge in [0.2, 0.25) is 5.91 Å². The molecule has 2 heterocycles.